The van der Waals surface area contributed by atoms with Gasteiger partial charge in [0, 0.05) is 4.43 Å². The van der Waals surface area contributed by atoms with Gasteiger partial charge in [-0.1, -0.05) is 48.6 Å². The van der Waals surface area contributed by atoms with Crippen molar-refractivity contribution in [2.45, 2.75) is 0 Å². The minimum absolute atomic E-state index is 0.241. The third-order valence-electron chi connectivity index (χ3n) is 1.89. The minimum Gasteiger partial charge on any atom is -0.118 e. The largest absolute Gasteiger partial charge is 0.118 e. The van der Waals surface area contributed by atoms with Gasteiger partial charge in [0.2, 0.25) is 0 Å². The van der Waals surface area contributed by atoms with Crippen LogP contribution in [0, 0.1) is 0 Å². The van der Waals surface area contributed by atoms with Gasteiger partial charge in [0.15, 0.2) is 0 Å². The van der Waals surface area contributed by atoms with Crippen LogP contribution in [0.25, 0.3) is 5.57 Å². The summed E-state index contributed by atoms with van der Waals surface area (Å²) >= 11 is 0.241. The minimum atomic E-state index is 0.241. The van der Waals surface area contributed by atoms with E-state index in [1.54, 1.807) is 0 Å². The average Bonchev–Trinajstić information content (AvgIpc) is 2.47. The standard InChI is InChI=1S/C12H11I/c1-2-6-11(7-3-1)12-8-4-5-9-13-10-12/h1-8,10H,9H2. The zero-order valence-electron chi connectivity index (χ0n) is 7.28. The highest BCUT2D eigenvalue weighted by atomic mass is 127. The fourth-order valence-electron chi connectivity index (χ4n) is 1.23. The first-order valence-corrected chi connectivity index (χ1v) is 7.07. The van der Waals surface area contributed by atoms with Gasteiger partial charge in [-0.2, -0.15) is 0 Å². The molecule has 0 saturated carbocycles. The summed E-state index contributed by atoms with van der Waals surface area (Å²) in [5.74, 6) is 0. The summed E-state index contributed by atoms with van der Waals surface area (Å²) in [6.45, 7) is 0. The zero-order valence-corrected chi connectivity index (χ0v) is 9.44. The molecule has 1 heteroatoms. The van der Waals surface area contributed by atoms with Crippen molar-refractivity contribution < 1.29 is 0 Å². The molecular formula is C12H11I. The maximum atomic E-state index is 2.41. The molecular weight excluding hydrogens is 271 g/mol. The normalized spacial score (nSPS) is 15.8. The molecule has 1 aliphatic rings. The summed E-state index contributed by atoms with van der Waals surface area (Å²) in [7, 11) is 0. The third kappa shape index (κ3) is 2.37. The van der Waals surface area contributed by atoms with Crippen molar-refractivity contribution in [2.75, 3.05) is 4.43 Å². The van der Waals surface area contributed by atoms with E-state index < -0.39 is 0 Å². The Kier molecular flexibility index (Phi) is 3.08. The molecule has 0 nitrogen and oxygen atoms in total. The van der Waals surface area contributed by atoms with Crippen LogP contribution in [-0.4, -0.2) is 8.44 Å². The van der Waals surface area contributed by atoms with Crippen LogP contribution in [-0.2, 0) is 0 Å². The molecule has 0 saturated heterocycles. The summed E-state index contributed by atoms with van der Waals surface area (Å²) in [5, 5.41) is 0. The Labute approximate surface area is 88.7 Å². The number of allylic oxidation sites excluding steroid dienone is 4. The topological polar surface area (TPSA) is 0 Å². The van der Waals surface area contributed by atoms with Crippen LogP contribution in [0.4, 0.5) is 0 Å². The van der Waals surface area contributed by atoms with Crippen LogP contribution in [0.5, 0.6) is 0 Å². The second-order valence-corrected chi connectivity index (χ2v) is 5.22. The van der Waals surface area contributed by atoms with Gasteiger partial charge in [0.25, 0.3) is 0 Å². The molecule has 0 radical (unpaired) electrons. The van der Waals surface area contributed by atoms with Gasteiger partial charge in [-0.05, 0) is 15.1 Å². The summed E-state index contributed by atoms with van der Waals surface area (Å²) in [4.78, 5) is 0. The molecule has 0 spiro atoms. The van der Waals surface area contributed by atoms with Crippen molar-refractivity contribution in [3.05, 3.63) is 54.1 Å². The third-order valence-corrected chi connectivity index (χ3v) is 4.02. The van der Waals surface area contributed by atoms with Crippen molar-refractivity contribution in [1.29, 1.82) is 0 Å². The van der Waals surface area contributed by atoms with Gasteiger partial charge in [-0.15, -0.1) is 20.7 Å². The Balaban J connectivity index is 2.36. The van der Waals surface area contributed by atoms with Crippen LogP contribution in [0.15, 0.2) is 48.6 Å². The lowest BCUT2D eigenvalue weighted by Crippen LogP contribution is -1.81. The second-order valence-electron chi connectivity index (χ2n) is 2.83. The molecule has 0 bridgehead atoms. The molecule has 0 atom stereocenters. The summed E-state index contributed by atoms with van der Waals surface area (Å²) in [5.41, 5.74) is 2.73. The Morgan fingerprint density at radius 2 is 1.92 bits per heavy atom. The maximum absolute atomic E-state index is 2.41. The molecule has 1 heterocycles. The maximum Gasteiger partial charge on any atom is 0.0131 e. The monoisotopic (exact) mass is 282 g/mol. The van der Waals surface area contributed by atoms with Crippen LogP contribution in [0.2, 0.25) is 0 Å². The molecule has 0 aromatic heterocycles. The smallest absolute Gasteiger partial charge is 0.0131 e. The predicted octanol–water partition coefficient (Wildman–Crippen LogP) is 3.41. The van der Waals surface area contributed by atoms with E-state index in [1.165, 1.54) is 15.6 Å². The highest BCUT2D eigenvalue weighted by Gasteiger charge is 1.96. The van der Waals surface area contributed by atoms with Crippen molar-refractivity contribution in [2.24, 2.45) is 0 Å². The van der Waals surface area contributed by atoms with E-state index >= 15 is 0 Å². The van der Waals surface area contributed by atoms with Gasteiger partial charge < -0.3 is 0 Å². The number of alkyl halides is 1. The number of halogens is 1. The van der Waals surface area contributed by atoms with E-state index in [9.17, 15) is 0 Å². The number of rotatable bonds is 1. The average molecular weight is 282 g/mol. The number of hydrogen-bond acceptors (Lipinski definition) is 0. The van der Waals surface area contributed by atoms with Gasteiger partial charge >= 0.3 is 0 Å². The van der Waals surface area contributed by atoms with Crippen LogP contribution >= 0.6 is 20.7 Å². The fraction of sp³-hybridized carbons (Fsp3) is 0.0833. The van der Waals surface area contributed by atoms with Gasteiger partial charge in [-0.3, -0.25) is 0 Å². The Morgan fingerprint density at radius 1 is 1.08 bits per heavy atom. The fourth-order valence-corrected chi connectivity index (χ4v) is 3.11. The number of benzene rings is 1. The highest BCUT2D eigenvalue weighted by Crippen LogP contribution is 2.16. The van der Waals surface area contributed by atoms with Gasteiger partial charge in [0.05, 0.1) is 0 Å². The van der Waals surface area contributed by atoms with Gasteiger partial charge in [0.1, 0.15) is 0 Å². The summed E-state index contributed by atoms with van der Waals surface area (Å²) < 4.78 is 3.68. The van der Waals surface area contributed by atoms with Crippen molar-refractivity contribution in [3.63, 3.8) is 0 Å². The lowest BCUT2D eigenvalue weighted by Gasteiger charge is -1.98. The SMILES string of the molecule is C1=CCI=CC(c2ccccc2)=C1. The molecule has 0 aliphatic carbocycles. The van der Waals surface area contributed by atoms with Crippen molar-refractivity contribution >= 4 is 30.3 Å². The Morgan fingerprint density at radius 3 is 2.77 bits per heavy atom. The molecule has 0 N–H and O–H groups in total. The molecule has 1 aromatic rings. The molecule has 1 aromatic carbocycles. The van der Waals surface area contributed by atoms with E-state index in [-0.39, 0.29) is 20.7 Å². The zero-order chi connectivity index (χ0) is 8.93. The Hall–Kier alpha value is -0.700. The van der Waals surface area contributed by atoms with E-state index in [4.69, 9.17) is 0 Å². The van der Waals surface area contributed by atoms with E-state index in [0.717, 1.165) is 0 Å². The van der Waals surface area contributed by atoms with Crippen molar-refractivity contribution in [1.82, 2.24) is 0 Å². The first kappa shape index (κ1) is 8.88. The van der Waals surface area contributed by atoms with Crippen LogP contribution in [0.3, 0.4) is 0 Å². The highest BCUT2D eigenvalue weighted by molar-refractivity contribution is 14.2. The van der Waals surface area contributed by atoms with E-state index in [2.05, 4.69) is 52.6 Å². The molecule has 13 heavy (non-hydrogen) atoms. The molecule has 0 fully saturated rings. The van der Waals surface area contributed by atoms with E-state index in [1.807, 2.05) is 0 Å². The first-order chi connectivity index (χ1) is 6.47. The molecule has 0 unspecified atom stereocenters. The lowest BCUT2D eigenvalue weighted by molar-refractivity contribution is 1.64. The van der Waals surface area contributed by atoms with E-state index in [0.29, 0.717) is 0 Å². The predicted molar refractivity (Wildman–Crippen MR) is 68.5 cm³/mol. The van der Waals surface area contributed by atoms with Crippen LogP contribution in [0.1, 0.15) is 5.56 Å². The van der Waals surface area contributed by atoms with Crippen LogP contribution < -0.4 is 0 Å². The summed E-state index contributed by atoms with van der Waals surface area (Å²) in [6.07, 6.45) is 6.65. The quantitative estimate of drug-likeness (QED) is 0.547. The molecule has 0 amide bonds. The van der Waals surface area contributed by atoms with Gasteiger partial charge in [-0.25, -0.2) is 0 Å². The van der Waals surface area contributed by atoms with Crippen molar-refractivity contribution in [3.8, 4) is 0 Å². The Bertz CT molecular complexity index is 358. The molecule has 2 rings (SSSR count). The molecule has 1 aliphatic heterocycles. The molecule has 66 valence electrons. The lowest BCUT2D eigenvalue weighted by atomic mass is 10.1. The first-order valence-electron chi connectivity index (χ1n) is 4.30. The summed E-state index contributed by atoms with van der Waals surface area (Å²) in [6, 6.07) is 10.6. The second kappa shape index (κ2) is 4.51. The number of hydrogen-bond donors (Lipinski definition) is 0.